The van der Waals surface area contributed by atoms with Crippen LogP contribution in [0, 0.1) is 0 Å². The lowest BCUT2D eigenvalue weighted by Gasteiger charge is -2.07. The van der Waals surface area contributed by atoms with E-state index in [0.29, 0.717) is 0 Å². The first-order chi connectivity index (χ1) is 7.36. The summed E-state index contributed by atoms with van der Waals surface area (Å²) in [7, 11) is -2.39. The number of carbonyl (C=O) groups excluding carboxylic acids is 1. The normalized spacial score (nSPS) is 11.2. The summed E-state index contributed by atoms with van der Waals surface area (Å²) in [6.45, 7) is 1.22. The van der Waals surface area contributed by atoms with Gasteiger partial charge in [0.1, 0.15) is 10.6 Å². The zero-order valence-electron chi connectivity index (χ0n) is 8.65. The van der Waals surface area contributed by atoms with Gasteiger partial charge in [-0.2, -0.15) is 0 Å². The van der Waals surface area contributed by atoms with Crippen LogP contribution < -0.4 is 9.46 Å². The molecule has 1 aromatic rings. The summed E-state index contributed by atoms with van der Waals surface area (Å²) in [5, 5.41) is 0.0604. The van der Waals surface area contributed by atoms with Gasteiger partial charge in [0.25, 0.3) is 0 Å². The van der Waals surface area contributed by atoms with Crippen molar-refractivity contribution >= 4 is 27.6 Å². The average molecular weight is 264 g/mol. The number of hydrogen-bond acceptors (Lipinski definition) is 4. The van der Waals surface area contributed by atoms with Gasteiger partial charge in [0, 0.05) is 13.0 Å². The number of carbonyl (C=O) groups is 1. The second-order valence-corrected chi connectivity index (χ2v) is 5.16. The van der Waals surface area contributed by atoms with Gasteiger partial charge in [0.15, 0.2) is 0 Å². The number of sulfonamides is 1. The lowest BCUT2D eigenvalue weighted by Crippen LogP contribution is -2.19. The summed E-state index contributed by atoms with van der Waals surface area (Å²) in [6, 6.07) is 3.96. The monoisotopic (exact) mass is 263 g/mol. The molecule has 16 heavy (non-hydrogen) atoms. The number of nitrogens with one attached hydrogen (secondary N) is 1. The molecule has 0 saturated carbocycles. The Morgan fingerprint density at radius 1 is 1.44 bits per heavy atom. The van der Waals surface area contributed by atoms with Crippen molar-refractivity contribution < 1.29 is 17.9 Å². The van der Waals surface area contributed by atoms with E-state index in [1.807, 2.05) is 0 Å². The van der Waals surface area contributed by atoms with Crippen LogP contribution in [0.3, 0.4) is 0 Å². The molecule has 0 bridgehead atoms. The Hall–Kier alpha value is -1.11. The highest BCUT2D eigenvalue weighted by Crippen LogP contribution is 2.25. The summed E-state index contributed by atoms with van der Waals surface area (Å²) >= 11 is 5.74. The first kappa shape index (κ1) is 13.0. The molecule has 0 heterocycles. The van der Waals surface area contributed by atoms with Gasteiger partial charge in [-0.05, 0) is 19.2 Å². The van der Waals surface area contributed by atoms with Crippen LogP contribution in [0.25, 0.3) is 0 Å². The summed E-state index contributed by atoms with van der Waals surface area (Å²) in [6.07, 6.45) is 0. The summed E-state index contributed by atoms with van der Waals surface area (Å²) in [4.78, 5) is 10.6. The molecule has 0 amide bonds. The van der Waals surface area contributed by atoms with Crippen molar-refractivity contribution in [2.45, 2.75) is 11.8 Å². The fourth-order valence-electron chi connectivity index (χ4n) is 1.03. The maximum atomic E-state index is 11.5. The Balaban J connectivity index is 3.24. The predicted octanol–water partition coefficient (Wildman–Crippen LogP) is 1.17. The summed E-state index contributed by atoms with van der Waals surface area (Å²) in [5.74, 6) is -0.402. The zero-order valence-corrected chi connectivity index (χ0v) is 10.2. The maximum Gasteiger partial charge on any atom is 0.308 e. The van der Waals surface area contributed by atoms with Crippen molar-refractivity contribution in [1.29, 1.82) is 0 Å². The SMILES string of the molecule is CNS(=O)(=O)c1cc(OC(C)=O)ccc1Cl. The predicted molar refractivity (Wildman–Crippen MR) is 59.0 cm³/mol. The molecule has 7 heteroatoms. The van der Waals surface area contributed by atoms with Crippen LogP contribution in [0.4, 0.5) is 0 Å². The number of rotatable bonds is 3. The van der Waals surface area contributed by atoms with Gasteiger partial charge < -0.3 is 4.74 Å². The van der Waals surface area contributed by atoms with Crippen molar-refractivity contribution in [2.75, 3.05) is 7.05 Å². The molecule has 0 radical (unpaired) electrons. The maximum absolute atomic E-state index is 11.5. The minimum Gasteiger partial charge on any atom is -0.427 e. The smallest absolute Gasteiger partial charge is 0.308 e. The highest BCUT2D eigenvalue weighted by Gasteiger charge is 2.17. The molecule has 0 aliphatic heterocycles. The number of esters is 1. The van der Waals surface area contributed by atoms with E-state index in [4.69, 9.17) is 16.3 Å². The highest BCUT2D eigenvalue weighted by molar-refractivity contribution is 7.89. The Kier molecular flexibility index (Phi) is 3.90. The zero-order chi connectivity index (χ0) is 12.3. The molecule has 0 atom stereocenters. The standard InChI is InChI=1S/C9H10ClNO4S/c1-6(12)15-7-3-4-8(10)9(5-7)16(13,14)11-2/h3-5,11H,1-2H3. The second-order valence-electron chi connectivity index (χ2n) is 2.89. The Labute approximate surface area is 98.4 Å². The van der Waals surface area contributed by atoms with Crippen molar-refractivity contribution in [2.24, 2.45) is 0 Å². The highest BCUT2D eigenvalue weighted by atomic mass is 35.5. The first-order valence-corrected chi connectivity index (χ1v) is 6.14. The third-order valence-electron chi connectivity index (χ3n) is 1.72. The fraction of sp³-hybridized carbons (Fsp3) is 0.222. The minimum atomic E-state index is -3.66. The molecular weight excluding hydrogens is 254 g/mol. The molecule has 5 nitrogen and oxygen atoms in total. The molecule has 1 rings (SSSR count). The molecule has 0 saturated heterocycles. The van der Waals surface area contributed by atoms with E-state index >= 15 is 0 Å². The fourth-order valence-corrected chi connectivity index (χ4v) is 2.27. The Morgan fingerprint density at radius 2 is 2.06 bits per heavy atom. The minimum absolute atomic E-state index is 0.0604. The van der Waals surface area contributed by atoms with Crippen LogP contribution in [0.1, 0.15) is 6.92 Å². The van der Waals surface area contributed by atoms with E-state index in [9.17, 15) is 13.2 Å². The van der Waals surface area contributed by atoms with Crippen molar-refractivity contribution in [3.63, 3.8) is 0 Å². The molecule has 0 aliphatic carbocycles. The van der Waals surface area contributed by atoms with Crippen LogP contribution in [-0.4, -0.2) is 21.4 Å². The number of hydrogen-bond donors (Lipinski definition) is 1. The van der Waals surface area contributed by atoms with Gasteiger partial charge in [-0.15, -0.1) is 0 Å². The van der Waals surface area contributed by atoms with Crippen LogP contribution in [0.5, 0.6) is 5.75 Å². The van der Waals surface area contributed by atoms with Gasteiger partial charge in [-0.3, -0.25) is 4.79 Å². The molecule has 0 aliphatic rings. The molecule has 0 fully saturated rings. The van der Waals surface area contributed by atoms with E-state index < -0.39 is 16.0 Å². The van der Waals surface area contributed by atoms with E-state index in [-0.39, 0.29) is 15.7 Å². The largest absolute Gasteiger partial charge is 0.427 e. The van der Waals surface area contributed by atoms with E-state index in [1.165, 1.54) is 32.2 Å². The van der Waals surface area contributed by atoms with E-state index in [0.717, 1.165) is 0 Å². The first-order valence-electron chi connectivity index (χ1n) is 4.28. The third-order valence-corrected chi connectivity index (χ3v) is 3.62. The lowest BCUT2D eigenvalue weighted by atomic mass is 10.3. The van der Waals surface area contributed by atoms with Crippen LogP contribution in [-0.2, 0) is 14.8 Å². The molecule has 0 spiro atoms. The number of benzene rings is 1. The van der Waals surface area contributed by atoms with Crippen LogP contribution in [0.15, 0.2) is 23.1 Å². The van der Waals surface area contributed by atoms with E-state index in [1.54, 1.807) is 0 Å². The Morgan fingerprint density at radius 3 is 2.56 bits per heavy atom. The third kappa shape index (κ3) is 2.94. The van der Waals surface area contributed by atoms with Crippen molar-refractivity contribution in [3.05, 3.63) is 23.2 Å². The van der Waals surface area contributed by atoms with Gasteiger partial charge in [0.2, 0.25) is 10.0 Å². The van der Waals surface area contributed by atoms with E-state index in [2.05, 4.69) is 4.72 Å². The van der Waals surface area contributed by atoms with Gasteiger partial charge in [-0.25, -0.2) is 13.1 Å². The molecule has 0 unspecified atom stereocenters. The number of halogens is 1. The molecular formula is C9H10ClNO4S. The Bertz CT molecular complexity index is 512. The quantitative estimate of drug-likeness (QED) is 0.656. The van der Waals surface area contributed by atoms with Crippen molar-refractivity contribution in [1.82, 2.24) is 4.72 Å². The molecule has 88 valence electrons. The second kappa shape index (κ2) is 4.82. The molecule has 1 N–H and O–H groups in total. The topological polar surface area (TPSA) is 72.5 Å². The number of ether oxygens (including phenoxy) is 1. The molecule has 1 aromatic carbocycles. The van der Waals surface area contributed by atoms with Crippen molar-refractivity contribution in [3.8, 4) is 5.75 Å². The average Bonchev–Trinajstić information content (AvgIpc) is 2.20. The molecule has 0 aromatic heterocycles. The van der Waals surface area contributed by atoms with Gasteiger partial charge >= 0.3 is 5.97 Å². The van der Waals surface area contributed by atoms with Crippen LogP contribution in [0.2, 0.25) is 5.02 Å². The van der Waals surface area contributed by atoms with Gasteiger partial charge in [0.05, 0.1) is 5.02 Å². The summed E-state index contributed by atoms with van der Waals surface area (Å²) < 4.78 is 29.9. The van der Waals surface area contributed by atoms with Gasteiger partial charge in [-0.1, -0.05) is 11.6 Å². The van der Waals surface area contributed by atoms with Crippen LogP contribution >= 0.6 is 11.6 Å². The summed E-state index contributed by atoms with van der Waals surface area (Å²) in [5.41, 5.74) is 0. The lowest BCUT2D eigenvalue weighted by molar-refractivity contribution is -0.131.